The van der Waals surface area contributed by atoms with E-state index in [2.05, 4.69) is 40.9 Å². The lowest BCUT2D eigenvalue weighted by Crippen LogP contribution is -2.12. The third kappa shape index (κ3) is 5.69. The molecule has 1 aromatic carbocycles. The number of aromatic nitrogens is 5. The standard InChI is InChI=1S/C22H21FN8/c1-15(17-2-4-18(23)5-3-17)28-22-30-19(27-13-16-6-8-24-9-7-16)12-20(31-22)29-21-14-25-10-11-26-21/h2-12,14-15H,13H2,1H3,(H3,26,27,28,29,30,31). The fourth-order valence-corrected chi connectivity index (χ4v) is 2.88. The lowest BCUT2D eigenvalue weighted by Gasteiger charge is -2.16. The molecule has 8 nitrogen and oxygen atoms in total. The van der Waals surface area contributed by atoms with Crippen LogP contribution < -0.4 is 16.0 Å². The molecule has 1 atom stereocenters. The summed E-state index contributed by atoms with van der Waals surface area (Å²) in [6.45, 7) is 2.54. The van der Waals surface area contributed by atoms with Crippen LogP contribution in [-0.4, -0.2) is 24.9 Å². The smallest absolute Gasteiger partial charge is 0.227 e. The van der Waals surface area contributed by atoms with Crippen molar-refractivity contribution in [3.05, 3.63) is 90.4 Å². The molecule has 0 spiro atoms. The highest BCUT2D eigenvalue weighted by atomic mass is 19.1. The molecular formula is C22H21FN8. The summed E-state index contributed by atoms with van der Waals surface area (Å²) in [6.07, 6.45) is 8.30. The van der Waals surface area contributed by atoms with Gasteiger partial charge in [0.25, 0.3) is 0 Å². The Balaban J connectivity index is 1.56. The molecule has 0 aliphatic heterocycles. The second-order valence-corrected chi connectivity index (χ2v) is 6.80. The molecule has 4 rings (SSSR count). The summed E-state index contributed by atoms with van der Waals surface area (Å²) in [5.41, 5.74) is 2.00. The van der Waals surface area contributed by atoms with Crippen LogP contribution in [0.1, 0.15) is 24.1 Å². The van der Waals surface area contributed by atoms with E-state index < -0.39 is 0 Å². The molecule has 3 aromatic heterocycles. The van der Waals surface area contributed by atoms with Gasteiger partial charge in [-0.05, 0) is 42.3 Å². The first-order valence-electron chi connectivity index (χ1n) is 9.72. The number of anilines is 4. The number of hydrogen-bond donors (Lipinski definition) is 3. The van der Waals surface area contributed by atoms with E-state index in [1.54, 1.807) is 49.2 Å². The van der Waals surface area contributed by atoms with Crippen LogP contribution in [0.25, 0.3) is 0 Å². The minimum Gasteiger partial charge on any atom is -0.366 e. The number of pyridine rings is 1. The van der Waals surface area contributed by atoms with E-state index in [1.807, 2.05) is 19.1 Å². The van der Waals surface area contributed by atoms with E-state index in [0.29, 0.717) is 29.9 Å². The minimum absolute atomic E-state index is 0.125. The van der Waals surface area contributed by atoms with Crippen molar-refractivity contribution in [2.45, 2.75) is 19.5 Å². The van der Waals surface area contributed by atoms with Crippen LogP contribution in [-0.2, 0) is 6.54 Å². The summed E-state index contributed by atoms with van der Waals surface area (Å²) < 4.78 is 13.2. The molecule has 0 aliphatic carbocycles. The van der Waals surface area contributed by atoms with Gasteiger partial charge >= 0.3 is 0 Å². The molecule has 4 aromatic rings. The molecule has 3 heterocycles. The van der Waals surface area contributed by atoms with Crippen molar-refractivity contribution in [1.29, 1.82) is 0 Å². The van der Waals surface area contributed by atoms with E-state index in [1.165, 1.54) is 12.1 Å². The Morgan fingerprint density at radius 3 is 2.39 bits per heavy atom. The second kappa shape index (κ2) is 9.57. The summed E-state index contributed by atoms with van der Waals surface area (Å²) >= 11 is 0. The van der Waals surface area contributed by atoms with E-state index in [-0.39, 0.29) is 11.9 Å². The second-order valence-electron chi connectivity index (χ2n) is 6.80. The van der Waals surface area contributed by atoms with E-state index in [4.69, 9.17) is 0 Å². The van der Waals surface area contributed by atoms with Crippen LogP contribution in [0.4, 0.5) is 27.8 Å². The minimum atomic E-state index is -0.273. The molecule has 0 aliphatic rings. The molecule has 156 valence electrons. The molecule has 1 unspecified atom stereocenters. The first-order valence-corrected chi connectivity index (χ1v) is 9.72. The maximum absolute atomic E-state index is 13.2. The molecule has 0 saturated carbocycles. The van der Waals surface area contributed by atoms with Gasteiger partial charge in [-0.15, -0.1) is 0 Å². The Hall–Kier alpha value is -4.14. The predicted molar refractivity (Wildman–Crippen MR) is 117 cm³/mol. The first-order chi connectivity index (χ1) is 15.2. The molecule has 3 N–H and O–H groups in total. The van der Waals surface area contributed by atoms with E-state index in [0.717, 1.165) is 11.1 Å². The van der Waals surface area contributed by atoms with Crippen LogP contribution >= 0.6 is 0 Å². The largest absolute Gasteiger partial charge is 0.366 e. The van der Waals surface area contributed by atoms with Crippen molar-refractivity contribution in [1.82, 2.24) is 24.9 Å². The third-order valence-corrected chi connectivity index (χ3v) is 4.48. The van der Waals surface area contributed by atoms with Gasteiger partial charge in [-0.3, -0.25) is 9.97 Å². The zero-order valence-electron chi connectivity index (χ0n) is 16.8. The molecule has 0 amide bonds. The lowest BCUT2D eigenvalue weighted by molar-refractivity contribution is 0.626. The molecule has 9 heteroatoms. The highest BCUT2D eigenvalue weighted by Crippen LogP contribution is 2.22. The Bertz CT molecular complexity index is 1110. The summed E-state index contributed by atoms with van der Waals surface area (Å²) in [5.74, 6) is 1.90. The van der Waals surface area contributed by atoms with Gasteiger partial charge in [0.05, 0.1) is 12.2 Å². The van der Waals surface area contributed by atoms with E-state index >= 15 is 0 Å². The highest BCUT2D eigenvalue weighted by molar-refractivity contribution is 5.58. The van der Waals surface area contributed by atoms with E-state index in [9.17, 15) is 4.39 Å². The average molecular weight is 416 g/mol. The maximum atomic E-state index is 13.2. The molecule has 31 heavy (non-hydrogen) atoms. The number of benzene rings is 1. The van der Waals surface area contributed by atoms with Crippen LogP contribution in [0.2, 0.25) is 0 Å². The van der Waals surface area contributed by atoms with Gasteiger partial charge in [-0.2, -0.15) is 9.97 Å². The Kier molecular flexibility index (Phi) is 6.22. The SMILES string of the molecule is CC(Nc1nc(NCc2ccncc2)cc(Nc2cnccn2)n1)c1ccc(F)cc1. The predicted octanol–water partition coefficient (Wildman–Crippen LogP) is 4.33. The number of rotatable bonds is 8. The van der Waals surface area contributed by atoms with Gasteiger partial charge in [0.15, 0.2) is 0 Å². The maximum Gasteiger partial charge on any atom is 0.227 e. The molecule has 0 fully saturated rings. The van der Waals surface area contributed by atoms with Crippen molar-refractivity contribution < 1.29 is 4.39 Å². The lowest BCUT2D eigenvalue weighted by atomic mass is 10.1. The van der Waals surface area contributed by atoms with Gasteiger partial charge < -0.3 is 16.0 Å². The highest BCUT2D eigenvalue weighted by Gasteiger charge is 2.11. The van der Waals surface area contributed by atoms with Crippen molar-refractivity contribution in [2.75, 3.05) is 16.0 Å². The van der Waals surface area contributed by atoms with Gasteiger partial charge in [0.2, 0.25) is 5.95 Å². The number of nitrogens with one attached hydrogen (secondary N) is 3. The van der Waals surface area contributed by atoms with Crippen molar-refractivity contribution in [2.24, 2.45) is 0 Å². The van der Waals surface area contributed by atoms with Crippen molar-refractivity contribution in [3.63, 3.8) is 0 Å². The topological polar surface area (TPSA) is 101 Å². The van der Waals surface area contributed by atoms with Gasteiger partial charge in [-0.1, -0.05) is 12.1 Å². The number of hydrogen-bond acceptors (Lipinski definition) is 8. The van der Waals surface area contributed by atoms with Crippen molar-refractivity contribution in [3.8, 4) is 0 Å². The summed E-state index contributed by atoms with van der Waals surface area (Å²) in [5, 5.41) is 9.71. The fraction of sp³-hybridized carbons (Fsp3) is 0.136. The zero-order valence-corrected chi connectivity index (χ0v) is 16.8. The summed E-state index contributed by atoms with van der Waals surface area (Å²) in [6, 6.07) is 11.9. The normalized spacial score (nSPS) is 11.5. The fourth-order valence-electron chi connectivity index (χ4n) is 2.88. The number of halogens is 1. The van der Waals surface area contributed by atoms with Gasteiger partial charge in [0.1, 0.15) is 23.3 Å². The monoisotopic (exact) mass is 416 g/mol. The van der Waals surface area contributed by atoms with Crippen LogP contribution in [0.5, 0.6) is 0 Å². The van der Waals surface area contributed by atoms with Crippen LogP contribution in [0, 0.1) is 5.82 Å². The molecule has 0 saturated heterocycles. The Morgan fingerprint density at radius 2 is 1.65 bits per heavy atom. The first kappa shape index (κ1) is 20.1. The van der Waals surface area contributed by atoms with Crippen LogP contribution in [0.3, 0.4) is 0 Å². The average Bonchev–Trinajstić information content (AvgIpc) is 2.79. The third-order valence-electron chi connectivity index (χ3n) is 4.48. The number of nitrogens with zero attached hydrogens (tertiary/aromatic N) is 5. The quantitative estimate of drug-likeness (QED) is 0.390. The van der Waals surface area contributed by atoms with Crippen LogP contribution in [0.15, 0.2) is 73.4 Å². The Morgan fingerprint density at radius 1 is 0.871 bits per heavy atom. The zero-order chi connectivity index (χ0) is 21.5. The summed E-state index contributed by atoms with van der Waals surface area (Å²) in [7, 11) is 0. The van der Waals surface area contributed by atoms with Crippen molar-refractivity contribution >= 4 is 23.4 Å². The molecular weight excluding hydrogens is 395 g/mol. The van der Waals surface area contributed by atoms with Gasteiger partial charge in [-0.25, -0.2) is 9.37 Å². The molecule has 0 bridgehead atoms. The molecule has 0 radical (unpaired) electrons. The summed E-state index contributed by atoms with van der Waals surface area (Å²) in [4.78, 5) is 21.4. The van der Waals surface area contributed by atoms with Gasteiger partial charge in [0, 0.05) is 37.4 Å². The Labute approximate surface area is 179 Å².